The largest absolute Gasteiger partial charge is 0.522 e. The summed E-state index contributed by atoms with van der Waals surface area (Å²) in [5.74, 6) is -0.604. The first-order chi connectivity index (χ1) is 12.3. The van der Waals surface area contributed by atoms with Crippen molar-refractivity contribution in [1.29, 1.82) is 0 Å². The number of hydrogen-bond donors (Lipinski definition) is 2. The lowest BCUT2D eigenvalue weighted by molar-refractivity contribution is -0.0510. The Bertz CT molecular complexity index is 1020. The van der Waals surface area contributed by atoms with Crippen molar-refractivity contribution in [2.45, 2.75) is 29.5 Å². The summed E-state index contributed by atoms with van der Waals surface area (Å²) in [5.41, 5.74) is -4.32. The van der Waals surface area contributed by atoms with E-state index in [4.69, 9.17) is 13.0 Å². The average Bonchev–Trinajstić information content (AvgIpc) is 2.51. The van der Waals surface area contributed by atoms with Gasteiger partial charge in [0.1, 0.15) is 0 Å². The fraction of sp³-hybridized carbons (Fsp3) is 0.250. The fourth-order valence-electron chi connectivity index (χ4n) is 2.36. The van der Waals surface area contributed by atoms with Gasteiger partial charge in [0.25, 0.3) is 11.8 Å². The van der Waals surface area contributed by atoms with Gasteiger partial charge in [0.15, 0.2) is 0 Å². The second-order valence-electron chi connectivity index (χ2n) is 5.71. The lowest BCUT2D eigenvalue weighted by Gasteiger charge is -2.20. The Hall–Kier alpha value is -2.11. The quantitative estimate of drug-likeness (QED) is 0.333. The molecule has 2 N–H and O–H groups in total. The van der Waals surface area contributed by atoms with E-state index in [-0.39, 0.29) is 11.8 Å². The van der Waals surface area contributed by atoms with Gasteiger partial charge in [0.2, 0.25) is 0 Å². The minimum Gasteiger partial charge on any atom is -0.288 e. The van der Waals surface area contributed by atoms with E-state index < -0.39 is 15.6 Å². The maximum atomic E-state index is 12.1. The van der Waals surface area contributed by atoms with Crippen molar-refractivity contribution in [3.8, 4) is 0 Å². The van der Waals surface area contributed by atoms with Crippen molar-refractivity contribution in [1.82, 2.24) is 5.32 Å². The number of benzene rings is 2. The molecule has 11 heteroatoms. The van der Waals surface area contributed by atoms with E-state index in [0.717, 1.165) is 15.7 Å². The second kappa shape index (κ2) is 7.49. The number of alkyl halides is 3. The monoisotopic (exact) mass is 421 g/mol. The Balaban J connectivity index is 0.000000279. The molecule has 0 aromatic heterocycles. The van der Waals surface area contributed by atoms with Crippen LogP contribution < -0.4 is 5.32 Å². The van der Waals surface area contributed by atoms with E-state index in [1.54, 1.807) is 17.8 Å². The molecule has 0 fully saturated rings. The van der Waals surface area contributed by atoms with Gasteiger partial charge in [-0.1, -0.05) is 32.0 Å². The summed E-state index contributed by atoms with van der Waals surface area (Å²) < 4.78 is 57.5. The molecule has 1 aliphatic rings. The van der Waals surface area contributed by atoms with Crippen molar-refractivity contribution in [3.63, 3.8) is 0 Å². The van der Waals surface area contributed by atoms with Crippen LogP contribution in [0.4, 0.5) is 13.2 Å². The fourth-order valence-corrected chi connectivity index (χ4v) is 3.33. The van der Waals surface area contributed by atoms with Crippen LogP contribution in [-0.4, -0.2) is 35.5 Å². The maximum Gasteiger partial charge on any atom is 0.522 e. The van der Waals surface area contributed by atoms with Gasteiger partial charge in [-0.2, -0.15) is 21.6 Å². The van der Waals surface area contributed by atoms with Crippen LogP contribution in [0.5, 0.6) is 0 Å². The highest BCUT2D eigenvalue weighted by molar-refractivity contribution is 8.00. The first-order valence-electron chi connectivity index (χ1n) is 7.44. The van der Waals surface area contributed by atoms with Crippen LogP contribution >= 0.6 is 11.8 Å². The van der Waals surface area contributed by atoms with E-state index in [1.807, 2.05) is 24.3 Å². The molecule has 0 unspecified atom stereocenters. The molecule has 0 radical (unpaired) electrons. The zero-order valence-corrected chi connectivity index (χ0v) is 15.6. The molecule has 27 heavy (non-hydrogen) atoms. The van der Waals surface area contributed by atoms with Gasteiger partial charge in [0, 0.05) is 21.1 Å². The van der Waals surface area contributed by atoms with E-state index in [9.17, 15) is 22.8 Å². The van der Waals surface area contributed by atoms with Crippen LogP contribution in [0.25, 0.3) is 10.8 Å². The number of hydrogen-bond acceptors (Lipinski definition) is 5. The van der Waals surface area contributed by atoms with E-state index in [2.05, 4.69) is 19.2 Å². The van der Waals surface area contributed by atoms with Gasteiger partial charge in [-0.25, -0.2) is 0 Å². The van der Waals surface area contributed by atoms with Crippen LogP contribution in [0.2, 0.25) is 0 Å². The number of nitrogens with one attached hydrogen (secondary N) is 1. The second-order valence-corrected chi connectivity index (χ2v) is 8.74. The Morgan fingerprint density at radius 1 is 1.07 bits per heavy atom. The van der Waals surface area contributed by atoms with Crippen LogP contribution in [0.1, 0.15) is 34.6 Å². The molecule has 1 aliphatic heterocycles. The summed E-state index contributed by atoms with van der Waals surface area (Å²) in [6.45, 7) is 4.17. The van der Waals surface area contributed by atoms with E-state index >= 15 is 0 Å². The summed E-state index contributed by atoms with van der Waals surface area (Å²) >= 11 is 1.64. The summed E-state index contributed by atoms with van der Waals surface area (Å²) in [5, 5.41) is 4.51. The Labute approximate surface area is 156 Å². The molecule has 146 valence electrons. The van der Waals surface area contributed by atoms with Gasteiger partial charge >= 0.3 is 15.6 Å². The molecule has 6 nitrogen and oxygen atoms in total. The molecular weight excluding hydrogens is 407 g/mol. The third-order valence-electron chi connectivity index (χ3n) is 3.36. The molecule has 0 spiro atoms. The summed E-state index contributed by atoms with van der Waals surface area (Å²) in [7, 11) is -5.84. The highest BCUT2D eigenvalue weighted by Crippen LogP contribution is 2.35. The van der Waals surface area contributed by atoms with Crippen LogP contribution in [0, 0.1) is 0 Å². The summed E-state index contributed by atoms with van der Waals surface area (Å²) in [4.78, 5) is 24.9. The molecule has 0 saturated carbocycles. The SMILES string of the molecule is CC(C)Sc1ccc2cccc3c2c1C(=O)NC3=O.O=S(=O)(O)C(F)(F)F. The van der Waals surface area contributed by atoms with Crippen LogP contribution in [0.3, 0.4) is 0 Å². The average molecular weight is 421 g/mol. The molecule has 0 saturated heterocycles. The Morgan fingerprint density at radius 3 is 2.19 bits per heavy atom. The van der Waals surface area contributed by atoms with Crippen LogP contribution in [-0.2, 0) is 10.1 Å². The van der Waals surface area contributed by atoms with Gasteiger partial charge in [-0.15, -0.1) is 11.8 Å². The minimum absolute atomic E-state index is 0.294. The van der Waals surface area contributed by atoms with Crippen molar-refractivity contribution < 1.29 is 35.7 Å². The number of carbonyl (C=O) groups excluding carboxylic acids is 2. The van der Waals surface area contributed by atoms with Crippen molar-refractivity contribution in [2.75, 3.05) is 0 Å². The van der Waals surface area contributed by atoms with Gasteiger partial charge in [0.05, 0.1) is 5.56 Å². The molecule has 0 atom stereocenters. The van der Waals surface area contributed by atoms with E-state index in [0.29, 0.717) is 16.4 Å². The first-order valence-corrected chi connectivity index (χ1v) is 9.76. The Morgan fingerprint density at radius 2 is 1.67 bits per heavy atom. The molecular formula is C16H14F3NO5S2. The lowest BCUT2D eigenvalue weighted by atomic mass is 9.95. The third kappa shape index (κ3) is 4.60. The molecule has 3 rings (SSSR count). The normalized spacial score (nSPS) is 14.0. The summed E-state index contributed by atoms with van der Waals surface area (Å²) in [6.07, 6.45) is 0. The topological polar surface area (TPSA) is 101 Å². The van der Waals surface area contributed by atoms with Crippen molar-refractivity contribution in [2.24, 2.45) is 0 Å². The zero-order chi connectivity index (χ0) is 20.6. The number of amides is 2. The summed E-state index contributed by atoms with van der Waals surface area (Å²) in [6, 6.07) is 9.46. The van der Waals surface area contributed by atoms with Crippen molar-refractivity contribution >= 4 is 44.5 Å². The maximum absolute atomic E-state index is 12.1. The zero-order valence-electron chi connectivity index (χ0n) is 14.0. The first kappa shape index (κ1) is 21.2. The number of halogens is 3. The predicted octanol–water partition coefficient (Wildman–Crippen LogP) is 3.62. The molecule has 2 aromatic carbocycles. The smallest absolute Gasteiger partial charge is 0.288 e. The number of carbonyl (C=O) groups is 2. The van der Waals surface area contributed by atoms with Crippen molar-refractivity contribution in [3.05, 3.63) is 41.5 Å². The lowest BCUT2D eigenvalue weighted by Crippen LogP contribution is -2.35. The minimum atomic E-state index is -5.84. The predicted molar refractivity (Wildman–Crippen MR) is 94.3 cm³/mol. The van der Waals surface area contributed by atoms with Gasteiger partial charge in [-0.05, 0) is 17.5 Å². The number of imide groups is 1. The van der Waals surface area contributed by atoms with E-state index in [1.165, 1.54) is 0 Å². The van der Waals surface area contributed by atoms with Gasteiger partial charge in [-0.3, -0.25) is 19.5 Å². The van der Waals surface area contributed by atoms with Gasteiger partial charge < -0.3 is 0 Å². The molecule has 2 aromatic rings. The molecule has 2 amide bonds. The highest BCUT2D eigenvalue weighted by Gasteiger charge is 2.44. The standard InChI is InChI=1S/C15H13NO2S.CHF3O3S/c1-8(2)19-11-7-6-9-4-3-5-10-12(9)13(11)15(18)16-14(10)17;2-1(3,4)8(5,6)7/h3-8H,1-2H3,(H,16,17,18);(H,5,6,7). The van der Waals surface area contributed by atoms with Crippen LogP contribution in [0.15, 0.2) is 35.2 Å². The highest BCUT2D eigenvalue weighted by atomic mass is 32.2. The number of thioether (sulfide) groups is 1. The molecule has 1 heterocycles. The Kier molecular flexibility index (Phi) is 5.88. The molecule has 0 bridgehead atoms. The third-order valence-corrected chi connectivity index (χ3v) is 5.01. The number of rotatable bonds is 2. The molecule has 0 aliphatic carbocycles.